The summed E-state index contributed by atoms with van der Waals surface area (Å²) >= 11 is 0. The average molecular weight is 225 g/mol. The molecule has 0 aliphatic carbocycles. The van der Waals surface area contributed by atoms with E-state index < -0.39 is 18.2 Å². The lowest BCUT2D eigenvalue weighted by atomic mass is 10.0. The third kappa shape index (κ3) is 2.79. The Morgan fingerprint density at radius 1 is 1.38 bits per heavy atom. The number of esters is 1. The number of hydrogen-bond donors (Lipinski definition) is 3. The summed E-state index contributed by atoms with van der Waals surface area (Å²) in [5.41, 5.74) is 6.12. The molecule has 88 valence electrons. The first-order valence-corrected chi connectivity index (χ1v) is 4.84. The van der Waals surface area contributed by atoms with Gasteiger partial charge in [-0.25, -0.2) is 4.79 Å². The molecule has 0 aliphatic rings. The number of ether oxygens (including phenoxy) is 1. The first kappa shape index (κ1) is 12.6. The molecule has 1 aromatic rings. The highest BCUT2D eigenvalue weighted by molar-refractivity contribution is 5.89. The Kier molecular flexibility index (Phi) is 4.42. The van der Waals surface area contributed by atoms with Gasteiger partial charge in [-0.15, -0.1) is 0 Å². The largest absolute Gasteiger partial charge is 0.465 e. The van der Waals surface area contributed by atoms with Crippen LogP contribution in [0.2, 0.25) is 0 Å². The number of carbonyl (C=O) groups excluding carboxylic acids is 1. The maximum absolute atomic E-state index is 11.1. The Morgan fingerprint density at radius 2 is 1.94 bits per heavy atom. The van der Waals surface area contributed by atoms with Gasteiger partial charge in [-0.05, 0) is 17.7 Å². The highest BCUT2D eigenvalue weighted by Crippen LogP contribution is 2.17. The van der Waals surface area contributed by atoms with E-state index in [-0.39, 0.29) is 6.54 Å². The van der Waals surface area contributed by atoms with Gasteiger partial charge in [-0.2, -0.15) is 0 Å². The highest BCUT2D eigenvalue weighted by Gasteiger charge is 2.17. The molecule has 0 radical (unpaired) electrons. The summed E-state index contributed by atoms with van der Waals surface area (Å²) in [5.74, 6) is -0.444. The third-order valence-corrected chi connectivity index (χ3v) is 2.28. The maximum atomic E-state index is 11.1. The summed E-state index contributed by atoms with van der Waals surface area (Å²) in [6, 6.07) is 6.15. The van der Waals surface area contributed by atoms with E-state index in [2.05, 4.69) is 4.74 Å². The van der Waals surface area contributed by atoms with E-state index in [1.165, 1.54) is 19.2 Å². The number of nitrogens with two attached hydrogens (primary N) is 1. The Bertz CT molecular complexity index is 350. The van der Waals surface area contributed by atoms with Gasteiger partial charge in [0.25, 0.3) is 0 Å². The Morgan fingerprint density at radius 3 is 2.38 bits per heavy atom. The van der Waals surface area contributed by atoms with Gasteiger partial charge in [0, 0.05) is 6.54 Å². The van der Waals surface area contributed by atoms with Crippen molar-refractivity contribution in [3.8, 4) is 0 Å². The summed E-state index contributed by atoms with van der Waals surface area (Å²) in [5, 5.41) is 19.0. The van der Waals surface area contributed by atoms with Gasteiger partial charge < -0.3 is 20.7 Å². The quantitative estimate of drug-likeness (QED) is 0.618. The first-order chi connectivity index (χ1) is 7.60. The molecule has 0 aromatic heterocycles. The highest BCUT2D eigenvalue weighted by atomic mass is 16.5. The van der Waals surface area contributed by atoms with E-state index in [1.807, 2.05) is 0 Å². The molecule has 0 heterocycles. The van der Waals surface area contributed by atoms with Crippen LogP contribution < -0.4 is 5.73 Å². The average Bonchev–Trinajstić information content (AvgIpc) is 2.36. The normalized spacial score (nSPS) is 14.2. The number of benzene rings is 1. The van der Waals surface area contributed by atoms with Crippen molar-refractivity contribution in [2.75, 3.05) is 13.7 Å². The monoisotopic (exact) mass is 225 g/mol. The van der Waals surface area contributed by atoms with Crippen molar-refractivity contribution >= 4 is 5.97 Å². The second kappa shape index (κ2) is 5.60. The van der Waals surface area contributed by atoms with Crippen molar-refractivity contribution in [3.63, 3.8) is 0 Å². The molecule has 2 atom stereocenters. The van der Waals surface area contributed by atoms with Gasteiger partial charge in [0.1, 0.15) is 6.10 Å². The smallest absolute Gasteiger partial charge is 0.337 e. The van der Waals surface area contributed by atoms with Crippen LogP contribution in [-0.4, -0.2) is 35.9 Å². The summed E-state index contributed by atoms with van der Waals surface area (Å²) < 4.78 is 4.53. The molecular formula is C11H15NO4. The molecule has 16 heavy (non-hydrogen) atoms. The lowest BCUT2D eigenvalue weighted by Crippen LogP contribution is -2.27. The van der Waals surface area contributed by atoms with E-state index in [9.17, 15) is 15.0 Å². The molecule has 5 heteroatoms. The molecule has 0 amide bonds. The third-order valence-electron chi connectivity index (χ3n) is 2.28. The summed E-state index contributed by atoms with van der Waals surface area (Å²) in [6.45, 7) is -0.0279. The van der Waals surface area contributed by atoms with Crippen LogP contribution in [0.15, 0.2) is 24.3 Å². The van der Waals surface area contributed by atoms with Gasteiger partial charge in [0.05, 0.1) is 18.8 Å². The van der Waals surface area contributed by atoms with Crippen LogP contribution in [0.3, 0.4) is 0 Å². The second-order valence-corrected chi connectivity index (χ2v) is 3.36. The zero-order chi connectivity index (χ0) is 12.1. The second-order valence-electron chi connectivity index (χ2n) is 3.36. The minimum Gasteiger partial charge on any atom is -0.465 e. The van der Waals surface area contributed by atoms with E-state index in [0.717, 1.165) is 0 Å². The molecule has 0 saturated heterocycles. The predicted octanol–water partition coefficient (Wildman–Crippen LogP) is -0.174. The fourth-order valence-corrected chi connectivity index (χ4v) is 1.29. The van der Waals surface area contributed by atoms with Crippen LogP contribution in [0.4, 0.5) is 0 Å². The lowest BCUT2D eigenvalue weighted by molar-refractivity contribution is 0.0243. The number of hydrogen-bond acceptors (Lipinski definition) is 5. The van der Waals surface area contributed by atoms with E-state index in [1.54, 1.807) is 12.1 Å². The molecule has 0 spiro atoms. The lowest BCUT2D eigenvalue weighted by Gasteiger charge is -2.16. The Hall–Kier alpha value is -1.43. The number of rotatable bonds is 4. The van der Waals surface area contributed by atoms with Crippen molar-refractivity contribution < 1.29 is 19.7 Å². The van der Waals surface area contributed by atoms with Crippen LogP contribution >= 0.6 is 0 Å². The van der Waals surface area contributed by atoms with Crippen molar-refractivity contribution in [1.29, 1.82) is 0 Å². The number of carbonyl (C=O) groups is 1. The van der Waals surface area contributed by atoms with E-state index in [4.69, 9.17) is 5.73 Å². The standard InChI is InChI=1S/C11H15NO4/c1-16-11(15)8-4-2-7(3-5-8)10(14)9(13)6-12/h2-5,9-10,13-14H,6,12H2,1H3. The predicted molar refractivity (Wildman–Crippen MR) is 57.8 cm³/mol. The Labute approximate surface area is 93.5 Å². The molecule has 0 aliphatic heterocycles. The molecule has 0 bridgehead atoms. The molecule has 0 fully saturated rings. The fourth-order valence-electron chi connectivity index (χ4n) is 1.29. The van der Waals surface area contributed by atoms with Gasteiger partial charge in [-0.3, -0.25) is 0 Å². The van der Waals surface area contributed by atoms with Gasteiger partial charge in [0.15, 0.2) is 0 Å². The van der Waals surface area contributed by atoms with Crippen LogP contribution in [0.1, 0.15) is 22.0 Å². The summed E-state index contributed by atoms with van der Waals surface area (Å²) in [4.78, 5) is 11.1. The topological polar surface area (TPSA) is 92.8 Å². The summed E-state index contributed by atoms with van der Waals surface area (Å²) in [6.07, 6.45) is -2.05. The minimum absolute atomic E-state index is 0.0279. The van der Waals surface area contributed by atoms with Crippen LogP contribution in [-0.2, 0) is 4.74 Å². The zero-order valence-corrected chi connectivity index (χ0v) is 8.96. The molecular weight excluding hydrogens is 210 g/mol. The SMILES string of the molecule is COC(=O)c1ccc(C(O)C(O)CN)cc1. The molecule has 1 rings (SSSR count). The van der Waals surface area contributed by atoms with Crippen molar-refractivity contribution in [2.45, 2.75) is 12.2 Å². The zero-order valence-electron chi connectivity index (χ0n) is 8.96. The fraction of sp³-hybridized carbons (Fsp3) is 0.364. The maximum Gasteiger partial charge on any atom is 0.337 e. The number of aliphatic hydroxyl groups is 2. The van der Waals surface area contributed by atoms with Crippen molar-refractivity contribution in [3.05, 3.63) is 35.4 Å². The first-order valence-electron chi connectivity index (χ1n) is 4.84. The van der Waals surface area contributed by atoms with Crippen molar-refractivity contribution in [2.24, 2.45) is 5.73 Å². The molecule has 0 saturated carbocycles. The summed E-state index contributed by atoms with van der Waals surface area (Å²) in [7, 11) is 1.29. The molecule has 4 N–H and O–H groups in total. The van der Waals surface area contributed by atoms with Crippen LogP contribution in [0, 0.1) is 0 Å². The molecule has 1 aromatic carbocycles. The van der Waals surface area contributed by atoms with Crippen LogP contribution in [0.5, 0.6) is 0 Å². The molecule has 2 unspecified atom stereocenters. The van der Waals surface area contributed by atoms with Gasteiger partial charge in [0.2, 0.25) is 0 Å². The number of methoxy groups -OCH3 is 1. The molecule has 5 nitrogen and oxygen atoms in total. The van der Waals surface area contributed by atoms with Crippen LogP contribution in [0.25, 0.3) is 0 Å². The van der Waals surface area contributed by atoms with Gasteiger partial charge >= 0.3 is 5.97 Å². The van der Waals surface area contributed by atoms with E-state index >= 15 is 0 Å². The minimum atomic E-state index is -1.04. The van der Waals surface area contributed by atoms with Gasteiger partial charge in [-0.1, -0.05) is 12.1 Å². The van der Waals surface area contributed by atoms with E-state index in [0.29, 0.717) is 11.1 Å². The number of aliphatic hydroxyl groups excluding tert-OH is 2. The van der Waals surface area contributed by atoms with Crippen molar-refractivity contribution in [1.82, 2.24) is 0 Å². The Balaban J connectivity index is 2.82.